The van der Waals surface area contributed by atoms with E-state index in [0.29, 0.717) is 6.61 Å². The van der Waals surface area contributed by atoms with Gasteiger partial charge in [0.2, 0.25) is 0 Å². The highest BCUT2D eigenvalue weighted by atomic mass is 31.1. The van der Waals surface area contributed by atoms with Crippen LogP contribution in [0.3, 0.4) is 0 Å². The van der Waals surface area contributed by atoms with Crippen LogP contribution in [0.4, 0.5) is 0 Å². The normalized spacial score (nSPS) is 14.3. The fourth-order valence-electron chi connectivity index (χ4n) is 5.27. The van der Waals surface area contributed by atoms with E-state index < -0.39 is 7.92 Å². The van der Waals surface area contributed by atoms with E-state index in [-0.39, 0.29) is 5.92 Å². The Balaban J connectivity index is 1.51. The Morgan fingerprint density at radius 3 is 1.89 bits per heavy atom. The highest BCUT2D eigenvalue weighted by Crippen LogP contribution is 2.44. The molecule has 0 amide bonds. The Hall–Kier alpha value is -3.93. The van der Waals surface area contributed by atoms with Crippen molar-refractivity contribution in [2.45, 2.75) is 19.4 Å². The summed E-state index contributed by atoms with van der Waals surface area (Å²) in [5, 5.41) is 4.04. The van der Waals surface area contributed by atoms with Crippen molar-refractivity contribution in [3.63, 3.8) is 0 Å². The minimum Gasteiger partial charge on any atom is -0.489 e. The van der Waals surface area contributed by atoms with Crippen LogP contribution in [0.15, 0.2) is 139 Å². The maximum absolute atomic E-state index is 6.36. The first-order chi connectivity index (χ1) is 18.3. The molecule has 5 aromatic rings. The molecule has 0 bridgehead atoms. The highest BCUT2D eigenvalue weighted by molar-refractivity contribution is 7.79. The van der Waals surface area contributed by atoms with Crippen LogP contribution in [0, 0.1) is 0 Å². The van der Waals surface area contributed by atoms with Crippen molar-refractivity contribution < 1.29 is 4.74 Å². The summed E-state index contributed by atoms with van der Waals surface area (Å²) in [6.07, 6.45) is 2.34. The lowest BCUT2D eigenvalue weighted by atomic mass is 9.89. The minimum absolute atomic E-state index is 0.242. The average Bonchev–Trinajstić information content (AvgIpc) is 3.29. The van der Waals surface area contributed by atoms with Crippen LogP contribution in [0.25, 0.3) is 6.08 Å². The number of hydrogen-bond acceptors (Lipinski definition) is 1. The Morgan fingerprint density at radius 1 is 0.622 bits per heavy atom. The van der Waals surface area contributed by atoms with Crippen LogP contribution in [-0.2, 0) is 6.61 Å². The summed E-state index contributed by atoms with van der Waals surface area (Å²) < 4.78 is 6.36. The van der Waals surface area contributed by atoms with Crippen LogP contribution >= 0.6 is 7.92 Å². The third kappa shape index (κ3) is 4.88. The van der Waals surface area contributed by atoms with Crippen LogP contribution < -0.4 is 20.7 Å². The maximum Gasteiger partial charge on any atom is 0.120 e. The van der Waals surface area contributed by atoms with Gasteiger partial charge in [-0.05, 0) is 65.1 Å². The predicted octanol–water partition coefficient (Wildman–Crippen LogP) is 7.57. The molecule has 0 spiro atoms. The monoisotopic (exact) mass is 496 g/mol. The van der Waals surface area contributed by atoms with Gasteiger partial charge in [-0.1, -0.05) is 133 Å². The van der Waals surface area contributed by atoms with Crippen molar-refractivity contribution in [1.29, 1.82) is 0 Å². The Morgan fingerprint density at radius 2 is 1.22 bits per heavy atom. The Bertz CT molecular complexity index is 1480. The molecular formula is C35H29OP. The molecule has 5 aromatic carbocycles. The first-order valence-electron chi connectivity index (χ1n) is 12.8. The second-order valence-electron chi connectivity index (χ2n) is 9.45. The zero-order valence-corrected chi connectivity index (χ0v) is 21.8. The molecule has 37 heavy (non-hydrogen) atoms. The lowest BCUT2D eigenvalue weighted by molar-refractivity contribution is 0.306. The molecule has 0 N–H and O–H groups in total. The van der Waals surface area contributed by atoms with Crippen molar-refractivity contribution >= 4 is 29.9 Å². The van der Waals surface area contributed by atoms with E-state index in [1.165, 1.54) is 43.7 Å². The topological polar surface area (TPSA) is 9.23 Å². The first-order valence-corrected chi connectivity index (χ1v) is 14.1. The Labute approximate surface area is 220 Å². The molecule has 2 heteroatoms. The molecule has 1 aliphatic carbocycles. The molecule has 1 aliphatic rings. The second kappa shape index (κ2) is 10.6. The van der Waals surface area contributed by atoms with Crippen molar-refractivity contribution in [3.8, 4) is 5.75 Å². The molecule has 180 valence electrons. The number of rotatable bonds is 7. The molecule has 1 nitrogen and oxygen atoms in total. The smallest absolute Gasteiger partial charge is 0.120 e. The fourth-order valence-corrected chi connectivity index (χ4v) is 7.78. The van der Waals surface area contributed by atoms with Crippen molar-refractivity contribution in [2.75, 3.05) is 0 Å². The molecule has 1 unspecified atom stereocenters. The van der Waals surface area contributed by atoms with Gasteiger partial charge in [0, 0.05) is 5.92 Å². The predicted molar refractivity (Wildman–Crippen MR) is 158 cm³/mol. The van der Waals surface area contributed by atoms with Crippen LogP contribution in [0.1, 0.15) is 35.1 Å². The van der Waals surface area contributed by atoms with Gasteiger partial charge in [0.25, 0.3) is 0 Å². The summed E-state index contributed by atoms with van der Waals surface area (Å²) in [5.74, 6) is 1.15. The summed E-state index contributed by atoms with van der Waals surface area (Å²) in [4.78, 5) is 0. The summed E-state index contributed by atoms with van der Waals surface area (Å²) >= 11 is 0. The highest BCUT2D eigenvalue weighted by Gasteiger charge is 2.29. The molecule has 0 saturated heterocycles. The standard InChI is InChI=1S/C35H29OP/c1-26-23-28-15-11-12-20-32(28)35(26)33-22-21-29(36-25-27-13-5-2-6-14-27)24-34(33)37(30-16-7-3-8-17-30)31-18-9-4-10-19-31/h2-24,35H,25H2,1H3. The van der Waals surface area contributed by atoms with E-state index in [1.807, 2.05) is 6.07 Å². The van der Waals surface area contributed by atoms with Gasteiger partial charge in [0.05, 0.1) is 0 Å². The van der Waals surface area contributed by atoms with Crippen molar-refractivity contribution in [1.82, 2.24) is 0 Å². The van der Waals surface area contributed by atoms with Gasteiger partial charge < -0.3 is 4.74 Å². The lowest BCUT2D eigenvalue weighted by Gasteiger charge is -2.27. The van der Waals surface area contributed by atoms with Crippen LogP contribution in [-0.4, -0.2) is 0 Å². The van der Waals surface area contributed by atoms with Crippen molar-refractivity contribution in [3.05, 3.63) is 161 Å². The van der Waals surface area contributed by atoms with Gasteiger partial charge >= 0.3 is 0 Å². The molecule has 0 radical (unpaired) electrons. The van der Waals surface area contributed by atoms with Gasteiger partial charge in [-0.2, -0.15) is 0 Å². The minimum atomic E-state index is -0.780. The number of allylic oxidation sites excluding steroid dienone is 1. The number of benzene rings is 5. The number of fused-ring (bicyclic) bond motifs is 1. The van der Waals surface area contributed by atoms with Gasteiger partial charge in [0.1, 0.15) is 12.4 Å². The van der Waals surface area contributed by atoms with E-state index in [2.05, 4.69) is 140 Å². The summed E-state index contributed by atoms with van der Waals surface area (Å²) in [7, 11) is -0.780. The molecule has 6 rings (SSSR count). The zero-order valence-electron chi connectivity index (χ0n) is 20.9. The average molecular weight is 497 g/mol. The third-order valence-corrected chi connectivity index (χ3v) is 9.47. The number of ether oxygens (including phenoxy) is 1. The first kappa shape index (κ1) is 23.5. The summed E-state index contributed by atoms with van der Waals surface area (Å²) in [5.41, 5.74) is 6.63. The quantitative estimate of drug-likeness (QED) is 0.211. The van der Waals surface area contributed by atoms with Crippen LogP contribution in [0.2, 0.25) is 0 Å². The van der Waals surface area contributed by atoms with E-state index >= 15 is 0 Å². The van der Waals surface area contributed by atoms with Crippen LogP contribution in [0.5, 0.6) is 5.75 Å². The summed E-state index contributed by atoms with van der Waals surface area (Å²) in [6, 6.07) is 47.8. The third-order valence-electron chi connectivity index (χ3n) is 6.98. The second-order valence-corrected chi connectivity index (χ2v) is 11.6. The van der Waals surface area contributed by atoms with E-state index in [9.17, 15) is 0 Å². The lowest BCUT2D eigenvalue weighted by Crippen LogP contribution is -2.25. The molecular weight excluding hydrogens is 467 g/mol. The molecule has 0 aliphatic heterocycles. The molecule has 0 saturated carbocycles. The van der Waals surface area contributed by atoms with Gasteiger partial charge in [-0.3, -0.25) is 0 Å². The Kier molecular flexibility index (Phi) is 6.72. The molecule has 0 fully saturated rings. The van der Waals surface area contributed by atoms with E-state index in [4.69, 9.17) is 4.74 Å². The SMILES string of the molecule is CC1=Cc2ccccc2C1c1ccc(OCc2ccccc2)cc1P(c1ccccc1)c1ccccc1. The van der Waals surface area contributed by atoms with Gasteiger partial charge in [-0.15, -0.1) is 0 Å². The molecule has 0 aromatic heterocycles. The zero-order chi connectivity index (χ0) is 25.0. The van der Waals surface area contributed by atoms with Gasteiger partial charge in [0.15, 0.2) is 0 Å². The summed E-state index contributed by atoms with van der Waals surface area (Å²) in [6.45, 7) is 2.82. The van der Waals surface area contributed by atoms with Crippen molar-refractivity contribution in [2.24, 2.45) is 0 Å². The van der Waals surface area contributed by atoms with E-state index in [0.717, 1.165) is 5.75 Å². The largest absolute Gasteiger partial charge is 0.489 e. The maximum atomic E-state index is 6.36. The fraction of sp³-hybridized carbons (Fsp3) is 0.0857. The molecule has 1 atom stereocenters. The van der Waals surface area contributed by atoms with Gasteiger partial charge in [-0.25, -0.2) is 0 Å². The molecule has 0 heterocycles. The number of hydrogen-bond donors (Lipinski definition) is 0. The van der Waals surface area contributed by atoms with E-state index in [1.54, 1.807) is 0 Å².